The normalized spacial score (nSPS) is 57.0. The van der Waals surface area contributed by atoms with Crippen LogP contribution in [0, 0.1) is 22.7 Å². The van der Waals surface area contributed by atoms with Gasteiger partial charge in [-0.3, -0.25) is 0 Å². The van der Waals surface area contributed by atoms with Gasteiger partial charge in [-0.05, 0) is 30.3 Å². The third-order valence-electron chi connectivity index (χ3n) is 6.60. The van der Waals surface area contributed by atoms with Crippen molar-refractivity contribution in [1.82, 2.24) is 0 Å². The van der Waals surface area contributed by atoms with Crippen molar-refractivity contribution in [2.45, 2.75) is 51.3 Å². The second-order valence-electron chi connectivity index (χ2n) is 7.30. The lowest BCUT2D eigenvalue weighted by Crippen LogP contribution is -2.54. The van der Waals surface area contributed by atoms with E-state index in [1.807, 2.05) is 13.8 Å². The lowest BCUT2D eigenvalue weighted by molar-refractivity contribution is -0.179. The molecule has 3 rings (SSSR count). The van der Waals surface area contributed by atoms with Crippen molar-refractivity contribution in [1.29, 1.82) is 0 Å². The molecule has 0 amide bonds. The van der Waals surface area contributed by atoms with Gasteiger partial charge in [0.25, 0.3) is 0 Å². The van der Waals surface area contributed by atoms with E-state index >= 15 is 0 Å². The minimum atomic E-state index is -0.828. The topological polar surface area (TPSA) is 79.2 Å². The summed E-state index contributed by atoms with van der Waals surface area (Å²) in [6.07, 6.45) is -1.79. The Morgan fingerprint density at radius 1 is 1.33 bits per heavy atom. The van der Waals surface area contributed by atoms with E-state index in [1.54, 1.807) is 7.11 Å². The first-order chi connectivity index (χ1) is 9.80. The van der Waals surface area contributed by atoms with Gasteiger partial charge in [0, 0.05) is 12.5 Å². The molecule has 120 valence electrons. The second kappa shape index (κ2) is 4.77. The van der Waals surface area contributed by atoms with Crippen molar-refractivity contribution in [2.24, 2.45) is 22.7 Å². The van der Waals surface area contributed by atoms with Crippen LogP contribution in [0.3, 0.4) is 0 Å². The van der Waals surface area contributed by atoms with Crippen molar-refractivity contribution in [2.75, 3.05) is 13.7 Å². The van der Waals surface area contributed by atoms with Gasteiger partial charge >= 0.3 is 0 Å². The van der Waals surface area contributed by atoms with Crippen LogP contribution in [0.15, 0.2) is 12.2 Å². The average molecular weight is 298 g/mol. The molecule has 0 aromatic carbocycles. The molecule has 8 atom stereocenters. The van der Waals surface area contributed by atoms with Crippen LogP contribution < -0.4 is 0 Å². The number of methoxy groups -OCH3 is 1. The van der Waals surface area contributed by atoms with Crippen LogP contribution in [-0.2, 0) is 9.47 Å². The van der Waals surface area contributed by atoms with E-state index in [0.29, 0.717) is 19.4 Å². The van der Waals surface area contributed by atoms with Gasteiger partial charge < -0.3 is 24.8 Å². The van der Waals surface area contributed by atoms with Crippen LogP contribution in [0.1, 0.15) is 26.7 Å². The number of rotatable bonds is 1. The summed E-state index contributed by atoms with van der Waals surface area (Å²) in [7, 11) is 1.57. The molecular weight excluding hydrogens is 272 g/mol. The van der Waals surface area contributed by atoms with Gasteiger partial charge in [0.05, 0.1) is 30.3 Å². The highest BCUT2D eigenvalue weighted by molar-refractivity contribution is 5.28. The first-order valence-electron chi connectivity index (χ1n) is 7.67. The Labute approximate surface area is 125 Å². The van der Waals surface area contributed by atoms with E-state index in [-0.39, 0.29) is 11.8 Å². The molecule has 2 aliphatic carbocycles. The minimum Gasteiger partial charge on any atom is -0.391 e. The Morgan fingerprint density at radius 2 is 2.00 bits per heavy atom. The van der Waals surface area contributed by atoms with E-state index in [4.69, 9.17) is 9.47 Å². The summed E-state index contributed by atoms with van der Waals surface area (Å²) in [5, 5.41) is 31.7. The molecule has 3 fully saturated rings. The fourth-order valence-electron chi connectivity index (χ4n) is 5.07. The first kappa shape index (κ1) is 15.4. The molecule has 0 aromatic heterocycles. The lowest BCUT2D eigenvalue weighted by atomic mass is 9.60. The molecule has 5 nitrogen and oxygen atoms in total. The fourth-order valence-corrected chi connectivity index (χ4v) is 5.07. The Balaban J connectivity index is 2.07. The van der Waals surface area contributed by atoms with Crippen molar-refractivity contribution in [3.8, 4) is 0 Å². The third-order valence-corrected chi connectivity index (χ3v) is 6.60. The van der Waals surface area contributed by atoms with Gasteiger partial charge in [-0.2, -0.15) is 0 Å². The Kier molecular flexibility index (Phi) is 3.50. The first-order valence-corrected chi connectivity index (χ1v) is 7.67. The van der Waals surface area contributed by atoms with Crippen molar-refractivity contribution < 1.29 is 24.8 Å². The molecule has 1 spiro atoms. The summed E-state index contributed by atoms with van der Waals surface area (Å²) in [5.74, 6) is -0.0940. The molecule has 0 aromatic rings. The van der Waals surface area contributed by atoms with Gasteiger partial charge in [0.1, 0.15) is 0 Å². The Bertz CT molecular complexity index is 452. The van der Waals surface area contributed by atoms with E-state index in [1.165, 1.54) is 0 Å². The Morgan fingerprint density at radius 3 is 2.62 bits per heavy atom. The SMILES string of the molecule is C=C1COC(OC)[C@@]12C[C@@H]1C(O)C(O)C[C@@H](C)C1(C)[C@H]2O. The zero-order valence-electron chi connectivity index (χ0n) is 13.0. The quantitative estimate of drug-likeness (QED) is 0.621. The molecule has 1 aliphatic heterocycles. The zero-order valence-corrected chi connectivity index (χ0v) is 13.0. The van der Waals surface area contributed by atoms with Gasteiger partial charge in [-0.15, -0.1) is 0 Å². The van der Waals surface area contributed by atoms with Crippen LogP contribution in [-0.4, -0.2) is 53.6 Å². The van der Waals surface area contributed by atoms with E-state index in [2.05, 4.69) is 6.58 Å². The largest absolute Gasteiger partial charge is 0.391 e. The summed E-state index contributed by atoms with van der Waals surface area (Å²) < 4.78 is 11.1. The molecule has 21 heavy (non-hydrogen) atoms. The van der Waals surface area contributed by atoms with Crippen LogP contribution in [0.4, 0.5) is 0 Å². The van der Waals surface area contributed by atoms with E-state index in [9.17, 15) is 15.3 Å². The Hall–Kier alpha value is -0.460. The highest BCUT2D eigenvalue weighted by Crippen LogP contribution is 2.66. The molecule has 3 aliphatic rings. The highest BCUT2D eigenvalue weighted by atomic mass is 16.7. The van der Waals surface area contributed by atoms with Crippen molar-refractivity contribution in [3.63, 3.8) is 0 Å². The molecule has 1 heterocycles. The van der Waals surface area contributed by atoms with Crippen LogP contribution in [0.25, 0.3) is 0 Å². The summed E-state index contributed by atoms with van der Waals surface area (Å²) in [4.78, 5) is 0. The standard InChI is InChI=1S/C16H26O5/c1-8-5-11(17)12(18)10-6-16(13(19)15(8,10)3)9(2)7-21-14(16)20-4/h8,10-14,17-19H,2,5-7H2,1,3-4H3/t8-,10-,11?,12?,13-,14?,15?,16+/m1/s1. The molecule has 2 saturated carbocycles. The molecule has 3 N–H and O–H groups in total. The lowest BCUT2D eigenvalue weighted by Gasteiger charge is -2.49. The maximum Gasteiger partial charge on any atom is 0.169 e. The van der Waals surface area contributed by atoms with Gasteiger partial charge in [0.2, 0.25) is 0 Å². The summed E-state index contributed by atoms with van der Waals surface area (Å²) in [6.45, 7) is 8.50. The second-order valence-corrected chi connectivity index (χ2v) is 7.30. The summed E-state index contributed by atoms with van der Waals surface area (Å²) >= 11 is 0. The van der Waals surface area contributed by atoms with Crippen LogP contribution in [0.5, 0.6) is 0 Å². The molecule has 1 saturated heterocycles. The maximum absolute atomic E-state index is 11.2. The van der Waals surface area contributed by atoms with Gasteiger partial charge in [-0.25, -0.2) is 0 Å². The van der Waals surface area contributed by atoms with Crippen LogP contribution in [0.2, 0.25) is 0 Å². The molecule has 0 bridgehead atoms. The third kappa shape index (κ3) is 1.70. The molecular formula is C16H26O5. The minimum absolute atomic E-state index is 0.0983. The fraction of sp³-hybridized carbons (Fsp3) is 0.875. The number of fused-ring (bicyclic) bond motifs is 1. The predicted octanol–water partition coefficient (Wildman–Crippen LogP) is 0.680. The van der Waals surface area contributed by atoms with Crippen molar-refractivity contribution >= 4 is 0 Å². The number of aliphatic hydroxyl groups is 3. The van der Waals surface area contributed by atoms with Gasteiger partial charge in [0.15, 0.2) is 6.29 Å². The van der Waals surface area contributed by atoms with E-state index in [0.717, 1.165) is 5.57 Å². The summed E-state index contributed by atoms with van der Waals surface area (Å²) in [5.41, 5.74) is -0.342. The monoisotopic (exact) mass is 298 g/mol. The summed E-state index contributed by atoms with van der Waals surface area (Å²) in [6, 6.07) is 0. The van der Waals surface area contributed by atoms with Crippen LogP contribution >= 0.6 is 0 Å². The predicted molar refractivity (Wildman–Crippen MR) is 76.3 cm³/mol. The smallest absolute Gasteiger partial charge is 0.169 e. The highest BCUT2D eigenvalue weighted by Gasteiger charge is 2.70. The van der Waals surface area contributed by atoms with E-state index < -0.39 is 35.4 Å². The average Bonchev–Trinajstić information content (AvgIpc) is 2.89. The molecule has 5 heteroatoms. The number of hydrogen-bond donors (Lipinski definition) is 3. The van der Waals surface area contributed by atoms with Gasteiger partial charge in [-0.1, -0.05) is 20.4 Å². The zero-order chi connectivity index (χ0) is 15.6. The number of ether oxygens (including phenoxy) is 2. The van der Waals surface area contributed by atoms with Crippen molar-refractivity contribution in [3.05, 3.63) is 12.2 Å². The molecule has 4 unspecified atom stereocenters. The maximum atomic E-state index is 11.2. The molecule has 0 radical (unpaired) electrons. The number of aliphatic hydroxyl groups excluding tert-OH is 3. The number of hydrogen-bond acceptors (Lipinski definition) is 5.